The van der Waals surface area contributed by atoms with Crippen molar-refractivity contribution in [1.82, 2.24) is 5.32 Å². The summed E-state index contributed by atoms with van der Waals surface area (Å²) in [6.07, 6.45) is 0. The summed E-state index contributed by atoms with van der Waals surface area (Å²) < 4.78 is 30.3. The molecule has 7 heteroatoms. The van der Waals surface area contributed by atoms with Crippen molar-refractivity contribution in [2.45, 2.75) is 11.5 Å². The molecule has 3 aromatic rings. The maximum atomic E-state index is 12.5. The summed E-state index contributed by atoms with van der Waals surface area (Å²) in [6, 6.07) is 17.8. The number of nitrogens with one attached hydrogen (secondary N) is 1. The van der Waals surface area contributed by atoms with Gasteiger partial charge < -0.3 is 10.1 Å². The fourth-order valence-corrected chi connectivity index (χ4v) is 5.23. The predicted octanol–water partition coefficient (Wildman–Crippen LogP) is 3.51. The van der Waals surface area contributed by atoms with Crippen LogP contribution in [0.4, 0.5) is 0 Å². The average Bonchev–Trinajstić information content (AvgIpc) is 3.13. The summed E-state index contributed by atoms with van der Waals surface area (Å²) in [7, 11) is -3.41. The molecule has 0 saturated carbocycles. The summed E-state index contributed by atoms with van der Waals surface area (Å²) >= 11 is 1.40. The summed E-state index contributed by atoms with van der Waals surface area (Å²) in [6.45, 7) is 0.490. The Hall–Kier alpha value is -2.64. The van der Waals surface area contributed by atoms with Crippen molar-refractivity contribution in [2.75, 3.05) is 12.3 Å². The molecule has 0 bridgehead atoms. The lowest BCUT2D eigenvalue weighted by molar-refractivity contribution is 0.0960. The van der Waals surface area contributed by atoms with Crippen LogP contribution in [-0.4, -0.2) is 26.6 Å². The molecular weight excluding hydrogens is 382 g/mol. The Morgan fingerprint density at radius 1 is 1.07 bits per heavy atom. The van der Waals surface area contributed by atoms with Gasteiger partial charge >= 0.3 is 0 Å². The van der Waals surface area contributed by atoms with Crippen molar-refractivity contribution in [3.63, 3.8) is 0 Å². The van der Waals surface area contributed by atoms with E-state index in [1.165, 1.54) is 11.3 Å². The normalized spacial score (nSPS) is 12.6. The molecule has 5 nitrogen and oxygen atoms in total. The Balaban J connectivity index is 1.44. The number of hydrogen-bond acceptors (Lipinski definition) is 5. The topological polar surface area (TPSA) is 72.5 Å². The number of thiophene rings is 1. The third-order valence-corrected chi connectivity index (χ3v) is 7.25. The van der Waals surface area contributed by atoms with Gasteiger partial charge in [-0.1, -0.05) is 30.3 Å². The van der Waals surface area contributed by atoms with Crippen LogP contribution in [0.15, 0.2) is 65.6 Å². The van der Waals surface area contributed by atoms with Crippen LogP contribution in [-0.2, 0) is 16.4 Å². The molecule has 0 fully saturated rings. The lowest BCUT2D eigenvalue weighted by atomic mass is 10.1. The molecule has 1 N–H and O–H groups in total. The molecule has 0 saturated heterocycles. The molecule has 2 aromatic carbocycles. The van der Waals surface area contributed by atoms with E-state index in [1.54, 1.807) is 30.3 Å². The lowest BCUT2D eigenvalue weighted by Crippen LogP contribution is -2.28. The molecule has 0 atom stereocenters. The second-order valence-corrected chi connectivity index (χ2v) is 9.30. The summed E-state index contributed by atoms with van der Waals surface area (Å²) in [5.74, 6) is 0.405. The van der Waals surface area contributed by atoms with Crippen molar-refractivity contribution in [2.24, 2.45) is 0 Å². The fourth-order valence-electron chi connectivity index (χ4n) is 2.94. The number of carbonyl (C=O) groups is 1. The second kappa shape index (κ2) is 7.17. The average molecular weight is 399 g/mol. The molecule has 0 aliphatic carbocycles. The smallest absolute Gasteiger partial charge is 0.261 e. The number of sulfone groups is 1. The number of ether oxygens (including phenoxy) is 1. The van der Waals surface area contributed by atoms with E-state index in [-0.39, 0.29) is 23.1 Å². The van der Waals surface area contributed by atoms with Crippen LogP contribution in [0.1, 0.15) is 15.2 Å². The van der Waals surface area contributed by atoms with E-state index >= 15 is 0 Å². The Morgan fingerprint density at radius 3 is 2.63 bits per heavy atom. The van der Waals surface area contributed by atoms with Crippen LogP contribution in [0.25, 0.3) is 10.4 Å². The Morgan fingerprint density at radius 2 is 1.81 bits per heavy atom. The van der Waals surface area contributed by atoms with Gasteiger partial charge in [-0.05, 0) is 30.3 Å². The van der Waals surface area contributed by atoms with E-state index in [0.29, 0.717) is 11.5 Å². The molecule has 1 amide bonds. The first-order valence-electron chi connectivity index (χ1n) is 8.45. The number of para-hydroxylation sites is 1. The van der Waals surface area contributed by atoms with E-state index < -0.39 is 9.84 Å². The molecule has 1 aliphatic rings. The first kappa shape index (κ1) is 17.8. The highest BCUT2D eigenvalue weighted by Crippen LogP contribution is 2.42. The van der Waals surface area contributed by atoms with Crippen LogP contribution in [0, 0.1) is 0 Å². The van der Waals surface area contributed by atoms with Crippen molar-refractivity contribution < 1.29 is 17.9 Å². The molecular formula is C20H17NO4S2. The first-order valence-corrected chi connectivity index (χ1v) is 10.9. The third-order valence-electron chi connectivity index (χ3n) is 4.31. The predicted molar refractivity (Wildman–Crippen MR) is 105 cm³/mol. The molecule has 1 aliphatic heterocycles. The zero-order chi connectivity index (χ0) is 18.9. The number of carbonyl (C=O) groups excluding carboxylic acids is 1. The van der Waals surface area contributed by atoms with Crippen molar-refractivity contribution in [3.8, 4) is 16.2 Å². The van der Waals surface area contributed by atoms with E-state index in [0.717, 1.165) is 21.8 Å². The lowest BCUT2D eigenvalue weighted by Gasteiger charge is -2.16. The maximum absolute atomic E-state index is 12.5. The molecule has 1 aromatic heterocycles. The van der Waals surface area contributed by atoms with Gasteiger partial charge in [-0.3, -0.25) is 4.79 Å². The Bertz CT molecular complexity index is 1090. The zero-order valence-electron chi connectivity index (χ0n) is 14.3. The zero-order valence-corrected chi connectivity index (χ0v) is 16.0. The SMILES string of the molecule is O=C(NCCS(=O)(=O)c1ccccc1)c1cc2c(s1)-c1ccccc1OC2. The standard InChI is InChI=1S/C20H17NO4S2/c22-20(21-10-11-27(23,24)15-6-2-1-3-7-15)18-12-14-13-25-17-9-5-4-8-16(17)19(14)26-18/h1-9,12H,10-11,13H2,(H,21,22). The van der Waals surface area contributed by atoms with Crippen LogP contribution in [0.2, 0.25) is 0 Å². The Kier molecular flexibility index (Phi) is 4.72. The van der Waals surface area contributed by atoms with Gasteiger partial charge in [0.1, 0.15) is 12.4 Å². The number of rotatable bonds is 5. The highest BCUT2D eigenvalue weighted by atomic mass is 32.2. The monoisotopic (exact) mass is 399 g/mol. The minimum atomic E-state index is -3.41. The second-order valence-electron chi connectivity index (χ2n) is 6.14. The molecule has 2 heterocycles. The van der Waals surface area contributed by atoms with Crippen molar-refractivity contribution in [3.05, 3.63) is 71.1 Å². The molecule has 4 rings (SSSR count). The van der Waals surface area contributed by atoms with E-state index in [4.69, 9.17) is 4.74 Å². The molecule has 0 unspecified atom stereocenters. The maximum Gasteiger partial charge on any atom is 0.261 e. The quantitative estimate of drug-likeness (QED) is 0.713. The highest BCUT2D eigenvalue weighted by Gasteiger charge is 2.22. The molecule has 0 spiro atoms. The number of benzene rings is 2. The van der Waals surface area contributed by atoms with Crippen LogP contribution in [0.5, 0.6) is 5.75 Å². The van der Waals surface area contributed by atoms with Gasteiger partial charge in [0.15, 0.2) is 9.84 Å². The fraction of sp³-hybridized carbons (Fsp3) is 0.150. The minimum absolute atomic E-state index is 0.0612. The number of fused-ring (bicyclic) bond motifs is 3. The minimum Gasteiger partial charge on any atom is -0.488 e. The van der Waals surface area contributed by atoms with Gasteiger partial charge in [-0.15, -0.1) is 11.3 Å². The van der Waals surface area contributed by atoms with Gasteiger partial charge in [0.05, 0.1) is 15.5 Å². The van der Waals surface area contributed by atoms with Crippen molar-refractivity contribution >= 4 is 27.1 Å². The number of hydrogen-bond donors (Lipinski definition) is 1. The largest absolute Gasteiger partial charge is 0.488 e. The summed E-state index contributed by atoms with van der Waals surface area (Å²) in [5.41, 5.74) is 1.95. The highest BCUT2D eigenvalue weighted by molar-refractivity contribution is 7.91. The van der Waals surface area contributed by atoms with Crippen LogP contribution in [0.3, 0.4) is 0 Å². The molecule has 138 valence electrons. The van der Waals surface area contributed by atoms with Gasteiger partial charge in [0.25, 0.3) is 5.91 Å². The molecule has 0 radical (unpaired) electrons. The third kappa shape index (κ3) is 3.61. The van der Waals surface area contributed by atoms with Gasteiger partial charge in [0.2, 0.25) is 0 Å². The molecule has 27 heavy (non-hydrogen) atoms. The summed E-state index contributed by atoms with van der Waals surface area (Å²) in [5, 5.41) is 2.71. The van der Waals surface area contributed by atoms with Crippen LogP contribution >= 0.6 is 11.3 Å². The number of amides is 1. The first-order chi connectivity index (χ1) is 13.0. The van der Waals surface area contributed by atoms with E-state index in [9.17, 15) is 13.2 Å². The van der Waals surface area contributed by atoms with Gasteiger partial charge in [-0.25, -0.2) is 8.42 Å². The Labute approximate surface area is 161 Å². The van der Waals surface area contributed by atoms with Gasteiger partial charge in [-0.2, -0.15) is 0 Å². The van der Waals surface area contributed by atoms with Crippen LogP contribution < -0.4 is 10.1 Å². The van der Waals surface area contributed by atoms with Crippen molar-refractivity contribution in [1.29, 1.82) is 0 Å². The van der Waals surface area contributed by atoms with E-state index in [2.05, 4.69) is 5.32 Å². The van der Waals surface area contributed by atoms with Gasteiger partial charge in [0, 0.05) is 22.5 Å². The summed E-state index contributed by atoms with van der Waals surface area (Å²) in [4.78, 5) is 14.3. The van der Waals surface area contributed by atoms with E-state index in [1.807, 2.05) is 30.3 Å².